The smallest absolute Gasteiger partial charge is 0.276 e. The number of benzene rings is 1. The molecule has 1 atom stereocenters. The average Bonchev–Trinajstić information content (AvgIpc) is 3.50. The van der Waals surface area contributed by atoms with Gasteiger partial charge in [-0.25, -0.2) is 0 Å². The number of carbonyl (C=O) groups excluding carboxylic acids is 1. The van der Waals surface area contributed by atoms with Crippen molar-refractivity contribution in [2.24, 2.45) is 0 Å². The molecule has 0 spiro atoms. The van der Waals surface area contributed by atoms with Crippen LogP contribution in [0.4, 0.5) is 0 Å². The molecule has 0 saturated carbocycles. The van der Waals surface area contributed by atoms with E-state index in [2.05, 4.69) is 10.1 Å². The normalized spacial score (nSPS) is 15.7. The maximum Gasteiger partial charge on any atom is 0.276 e. The Bertz CT molecular complexity index is 989. The van der Waals surface area contributed by atoms with Gasteiger partial charge < -0.3 is 18.9 Å². The van der Waals surface area contributed by atoms with Crippen LogP contribution in [0.1, 0.15) is 34.7 Å². The van der Waals surface area contributed by atoms with Gasteiger partial charge in [0.05, 0.1) is 6.10 Å². The fraction of sp³-hybridized carbons (Fsp3) is 0.348. The third-order valence-electron chi connectivity index (χ3n) is 5.08. The summed E-state index contributed by atoms with van der Waals surface area (Å²) in [6.45, 7) is 1.92. The second kappa shape index (κ2) is 10.5. The predicted octanol–water partition coefficient (Wildman–Crippen LogP) is 4.19. The first kappa shape index (κ1) is 21.4. The summed E-state index contributed by atoms with van der Waals surface area (Å²) in [6.07, 6.45) is 7.46. The predicted molar refractivity (Wildman–Crippen MR) is 117 cm³/mol. The fourth-order valence-electron chi connectivity index (χ4n) is 3.49. The Balaban J connectivity index is 1.44. The summed E-state index contributed by atoms with van der Waals surface area (Å²) in [5.74, 6) is 1.09. The van der Waals surface area contributed by atoms with E-state index in [1.165, 1.54) is 0 Å². The molecule has 31 heavy (non-hydrogen) atoms. The van der Waals surface area contributed by atoms with E-state index in [1.807, 2.05) is 42.7 Å². The Kier molecular flexibility index (Phi) is 7.22. The van der Waals surface area contributed by atoms with Gasteiger partial charge in [0.15, 0.2) is 11.5 Å². The second-order valence-corrected chi connectivity index (χ2v) is 8.14. The maximum absolute atomic E-state index is 13.2. The molecule has 3 aromatic rings. The number of rotatable bonds is 9. The summed E-state index contributed by atoms with van der Waals surface area (Å²) in [6, 6.07) is 13.3. The van der Waals surface area contributed by atoms with Crippen molar-refractivity contribution in [3.8, 4) is 5.75 Å². The van der Waals surface area contributed by atoms with Crippen molar-refractivity contribution < 1.29 is 18.8 Å². The van der Waals surface area contributed by atoms with Crippen molar-refractivity contribution in [2.75, 3.05) is 19.4 Å². The molecule has 1 unspecified atom stereocenters. The largest absolute Gasteiger partial charge is 0.484 e. The molecule has 1 fully saturated rings. The van der Waals surface area contributed by atoms with E-state index in [0.717, 1.165) is 35.7 Å². The average molecular weight is 440 g/mol. The number of hydrogen-bond donors (Lipinski definition) is 0. The number of amides is 1. The monoisotopic (exact) mass is 439 g/mol. The summed E-state index contributed by atoms with van der Waals surface area (Å²) in [5, 5.41) is 4.00. The molecule has 1 saturated heterocycles. The van der Waals surface area contributed by atoms with Crippen molar-refractivity contribution in [2.45, 2.75) is 37.0 Å². The topological polar surface area (TPSA) is 77.7 Å². The molecule has 0 aliphatic carbocycles. The lowest BCUT2D eigenvalue weighted by molar-refractivity contribution is 0.0499. The molecule has 162 valence electrons. The van der Waals surface area contributed by atoms with Crippen LogP contribution in [-0.4, -0.2) is 46.5 Å². The van der Waals surface area contributed by atoms with Crippen molar-refractivity contribution in [3.05, 3.63) is 71.9 Å². The van der Waals surface area contributed by atoms with Gasteiger partial charge in [0.2, 0.25) is 0 Å². The number of aromatic nitrogens is 2. The molecule has 1 aromatic carbocycles. The SMILES string of the molecule is CSc1ccccc1OCc1cc(C(=O)N(Cc2ccncc2)CC2CCCO2)no1. The lowest BCUT2D eigenvalue weighted by atomic mass is 10.2. The maximum atomic E-state index is 13.2. The van der Waals surface area contributed by atoms with Gasteiger partial charge >= 0.3 is 0 Å². The molecule has 7 nitrogen and oxygen atoms in total. The van der Waals surface area contributed by atoms with Crippen molar-refractivity contribution in [1.29, 1.82) is 0 Å². The van der Waals surface area contributed by atoms with Crippen LogP contribution in [0.25, 0.3) is 0 Å². The minimum Gasteiger partial charge on any atom is -0.484 e. The summed E-state index contributed by atoms with van der Waals surface area (Å²) in [5.41, 5.74) is 1.27. The molecule has 1 amide bonds. The van der Waals surface area contributed by atoms with E-state index in [4.69, 9.17) is 14.0 Å². The fourth-order valence-corrected chi connectivity index (χ4v) is 4.04. The van der Waals surface area contributed by atoms with Gasteiger partial charge in [-0.05, 0) is 48.9 Å². The van der Waals surface area contributed by atoms with Crippen molar-refractivity contribution in [3.63, 3.8) is 0 Å². The Morgan fingerprint density at radius 2 is 2.10 bits per heavy atom. The van der Waals surface area contributed by atoms with Crippen molar-refractivity contribution >= 4 is 17.7 Å². The molecule has 1 aliphatic rings. The zero-order valence-corrected chi connectivity index (χ0v) is 18.2. The van der Waals surface area contributed by atoms with Crippen LogP contribution in [0, 0.1) is 0 Å². The van der Waals surface area contributed by atoms with Gasteiger partial charge in [0, 0.05) is 43.1 Å². The molecular weight excluding hydrogens is 414 g/mol. The lowest BCUT2D eigenvalue weighted by Crippen LogP contribution is -2.37. The first-order valence-corrected chi connectivity index (χ1v) is 11.5. The highest BCUT2D eigenvalue weighted by molar-refractivity contribution is 7.98. The summed E-state index contributed by atoms with van der Waals surface area (Å²) in [7, 11) is 0. The molecular formula is C23H25N3O4S. The Morgan fingerprint density at radius 3 is 2.87 bits per heavy atom. The Hall–Kier alpha value is -2.84. The minimum absolute atomic E-state index is 0.0449. The van der Waals surface area contributed by atoms with Crippen LogP contribution < -0.4 is 4.74 Å². The zero-order chi connectivity index (χ0) is 21.5. The molecule has 2 aromatic heterocycles. The van der Waals surface area contributed by atoms with Gasteiger partial charge in [0.1, 0.15) is 12.4 Å². The standard InChI is InChI=1S/C23H25N3O4S/c1-31-22-7-3-2-6-21(22)29-16-19-13-20(25-30-19)23(27)26(15-18-5-4-12-28-18)14-17-8-10-24-11-9-17/h2-3,6-11,13,18H,4-5,12,14-16H2,1H3. The van der Waals surface area contributed by atoms with Gasteiger partial charge in [0.25, 0.3) is 5.91 Å². The van der Waals surface area contributed by atoms with Crippen LogP contribution in [-0.2, 0) is 17.9 Å². The summed E-state index contributed by atoms with van der Waals surface area (Å²) in [4.78, 5) is 20.1. The number of ether oxygens (including phenoxy) is 2. The number of thioether (sulfide) groups is 1. The number of carbonyl (C=O) groups is 1. The molecule has 4 rings (SSSR count). The molecule has 8 heteroatoms. The van der Waals surface area contributed by atoms with Gasteiger partial charge in [-0.1, -0.05) is 17.3 Å². The first-order valence-electron chi connectivity index (χ1n) is 10.2. The molecule has 0 radical (unpaired) electrons. The van der Waals surface area contributed by atoms with Gasteiger partial charge in [-0.3, -0.25) is 9.78 Å². The summed E-state index contributed by atoms with van der Waals surface area (Å²) >= 11 is 1.61. The highest BCUT2D eigenvalue weighted by Gasteiger charge is 2.26. The van der Waals surface area contributed by atoms with E-state index >= 15 is 0 Å². The lowest BCUT2D eigenvalue weighted by Gasteiger charge is -2.24. The van der Waals surface area contributed by atoms with E-state index in [-0.39, 0.29) is 24.3 Å². The van der Waals surface area contributed by atoms with Gasteiger partial charge in [-0.2, -0.15) is 0 Å². The third-order valence-corrected chi connectivity index (χ3v) is 5.85. The third kappa shape index (κ3) is 5.65. The summed E-state index contributed by atoms with van der Waals surface area (Å²) < 4.78 is 17.0. The van der Waals surface area contributed by atoms with Crippen LogP contribution in [0.3, 0.4) is 0 Å². The second-order valence-electron chi connectivity index (χ2n) is 7.29. The number of para-hydroxylation sites is 1. The van der Waals surface area contributed by atoms with E-state index < -0.39 is 0 Å². The number of pyridine rings is 1. The van der Waals surface area contributed by atoms with E-state index in [9.17, 15) is 4.79 Å². The van der Waals surface area contributed by atoms with Crippen LogP contribution >= 0.6 is 11.8 Å². The quantitative estimate of drug-likeness (QED) is 0.463. The van der Waals surface area contributed by atoms with E-state index in [1.54, 1.807) is 35.1 Å². The minimum atomic E-state index is -0.188. The zero-order valence-electron chi connectivity index (χ0n) is 17.4. The van der Waals surface area contributed by atoms with Crippen LogP contribution in [0.15, 0.2) is 64.3 Å². The molecule has 3 heterocycles. The Labute approximate surface area is 185 Å². The van der Waals surface area contributed by atoms with E-state index in [0.29, 0.717) is 18.8 Å². The molecule has 0 bridgehead atoms. The molecule has 1 aliphatic heterocycles. The number of nitrogens with zero attached hydrogens (tertiary/aromatic N) is 3. The van der Waals surface area contributed by atoms with Crippen LogP contribution in [0.2, 0.25) is 0 Å². The highest BCUT2D eigenvalue weighted by atomic mass is 32.2. The first-order chi connectivity index (χ1) is 15.2. The Morgan fingerprint density at radius 1 is 1.26 bits per heavy atom. The molecule has 0 N–H and O–H groups in total. The van der Waals surface area contributed by atoms with Crippen molar-refractivity contribution in [1.82, 2.24) is 15.0 Å². The van der Waals surface area contributed by atoms with Gasteiger partial charge in [-0.15, -0.1) is 11.8 Å². The van der Waals surface area contributed by atoms with Crippen LogP contribution in [0.5, 0.6) is 5.75 Å². The number of hydrogen-bond acceptors (Lipinski definition) is 7. The highest BCUT2D eigenvalue weighted by Crippen LogP contribution is 2.27.